The van der Waals surface area contributed by atoms with Crippen LogP contribution in [0.4, 0.5) is 0 Å². The van der Waals surface area contributed by atoms with Gasteiger partial charge in [-0.2, -0.15) is 0 Å². The molecular formula is C45H58Cl2SiZr. The Kier molecular flexibility index (Phi) is 12.5. The Labute approximate surface area is 312 Å². The van der Waals surface area contributed by atoms with Gasteiger partial charge in [-0.1, -0.05) is 0 Å². The molecule has 0 nitrogen and oxygen atoms in total. The second kappa shape index (κ2) is 15.3. The number of hydrogen-bond acceptors (Lipinski definition) is 0. The van der Waals surface area contributed by atoms with Crippen molar-refractivity contribution in [2.24, 2.45) is 5.92 Å². The Morgan fingerprint density at radius 3 is 1.49 bits per heavy atom. The van der Waals surface area contributed by atoms with E-state index in [0.29, 0.717) is 25.0 Å². The topological polar surface area (TPSA) is 0 Å². The summed E-state index contributed by atoms with van der Waals surface area (Å²) < 4.78 is 6.68. The normalized spacial score (nSPS) is 17.6. The van der Waals surface area contributed by atoms with E-state index in [0.717, 1.165) is 6.42 Å². The van der Waals surface area contributed by atoms with E-state index in [-0.39, 0.29) is 24.8 Å². The van der Waals surface area contributed by atoms with E-state index in [1.807, 2.05) is 0 Å². The molecular weight excluding hydrogens is 731 g/mol. The maximum atomic E-state index is 2.81. The molecule has 0 radical (unpaired) electrons. The molecule has 0 aliphatic heterocycles. The molecule has 0 saturated heterocycles. The summed E-state index contributed by atoms with van der Waals surface area (Å²) in [6.45, 7) is 18.9. The van der Waals surface area contributed by atoms with Gasteiger partial charge in [0.15, 0.2) is 0 Å². The molecule has 3 atom stereocenters. The molecule has 0 amide bonds. The second-order valence-corrected chi connectivity index (χ2v) is 46.9. The van der Waals surface area contributed by atoms with Crippen molar-refractivity contribution in [1.82, 2.24) is 0 Å². The van der Waals surface area contributed by atoms with Crippen LogP contribution in [-0.2, 0) is 17.4 Å². The van der Waals surface area contributed by atoms with E-state index in [2.05, 4.69) is 162 Å². The third kappa shape index (κ3) is 7.24. The molecule has 2 aliphatic carbocycles. The number of benzene rings is 4. The molecule has 6 rings (SSSR count). The third-order valence-corrected chi connectivity index (χ3v) is 29.0. The van der Waals surface area contributed by atoms with Crippen LogP contribution in [0.25, 0.3) is 34.4 Å². The minimum absolute atomic E-state index is 0. The average molecular weight is 789 g/mol. The van der Waals surface area contributed by atoms with Crippen LogP contribution in [0.15, 0.2) is 96.1 Å². The molecule has 49 heavy (non-hydrogen) atoms. The Morgan fingerprint density at radius 2 is 1.06 bits per heavy atom. The maximum Gasteiger partial charge on any atom is -0.147 e. The van der Waals surface area contributed by atoms with Gasteiger partial charge in [-0.25, -0.2) is 0 Å². The van der Waals surface area contributed by atoms with Crippen molar-refractivity contribution in [3.8, 4) is 22.3 Å². The summed E-state index contributed by atoms with van der Waals surface area (Å²) in [6.07, 6.45) is 8.86. The zero-order valence-electron chi connectivity index (χ0n) is 31.3. The van der Waals surface area contributed by atoms with Crippen LogP contribution >= 0.6 is 24.8 Å². The van der Waals surface area contributed by atoms with Crippen molar-refractivity contribution in [1.29, 1.82) is 0 Å². The first-order valence-electron chi connectivity index (χ1n) is 18.3. The fraction of sp³-hybridized carbons (Fsp3) is 0.378. The number of rotatable bonds is 10. The zero-order chi connectivity index (χ0) is 33.7. The number of fused-ring (bicyclic) bond motifs is 2. The molecule has 4 heteroatoms. The number of halogens is 2. The van der Waals surface area contributed by atoms with Crippen molar-refractivity contribution >= 4 is 43.8 Å². The molecule has 3 unspecified atom stereocenters. The van der Waals surface area contributed by atoms with Gasteiger partial charge in [0, 0.05) is 0 Å². The van der Waals surface area contributed by atoms with Gasteiger partial charge in [-0.3, -0.25) is 0 Å². The Morgan fingerprint density at radius 1 is 0.612 bits per heavy atom. The predicted octanol–water partition coefficient (Wildman–Crippen LogP) is 13.9. The fourth-order valence-electron chi connectivity index (χ4n) is 9.17. The van der Waals surface area contributed by atoms with Gasteiger partial charge < -0.3 is 0 Å². The number of hydrogen-bond donors (Lipinski definition) is 0. The van der Waals surface area contributed by atoms with E-state index in [4.69, 9.17) is 0 Å². The van der Waals surface area contributed by atoms with Crippen LogP contribution in [0.2, 0.25) is 9.26 Å². The first-order chi connectivity index (χ1) is 22.3. The molecule has 4 aromatic rings. The summed E-state index contributed by atoms with van der Waals surface area (Å²) in [5.74, 6) is 1.66. The van der Waals surface area contributed by atoms with Crippen LogP contribution in [-0.4, -0.2) is 6.88 Å². The van der Waals surface area contributed by atoms with E-state index < -0.39 is 17.4 Å². The van der Waals surface area contributed by atoms with Crippen molar-refractivity contribution in [2.75, 3.05) is 0 Å². The Balaban J connectivity index is 0.00000270. The largest absolute Gasteiger partial charge is 0.147 e. The maximum absolute atomic E-state index is 3.72. The second-order valence-electron chi connectivity index (χ2n) is 16.4. The van der Waals surface area contributed by atoms with Crippen molar-refractivity contribution < 1.29 is 17.4 Å². The molecule has 4 aromatic carbocycles. The minimum Gasteiger partial charge on any atom is -0.147 e. The van der Waals surface area contributed by atoms with Crippen LogP contribution in [0, 0.1) is 5.92 Å². The van der Waals surface area contributed by atoms with E-state index >= 15 is 0 Å². The molecule has 2 aliphatic rings. The summed E-state index contributed by atoms with van der Waals surface area (Å²) >= 11 is -3.72. The molecule has 0 N–H and O–H groups in total. The molecule has 0 heterocycles. The zero-order valence-corrected chi connectivity index (χ0v) is 36.8. The Bertz CT molecular complexity index is 1920. The fourth-order valence-corrected chi connectivity index (χ4v) is 29.1. The van der Waals surface area contributed by atoms with Crippen LogP contribution < -0.4 is 0 Å². The SMILES string of the molecule is CCCC(C)C1=Cc2c(-c3ccc(C(C)C)cc3)cccc2[CH]1[Zr]([CH3])([CH3])(=[SiH2])[CH]1C(CC)=Cc2c(-c3ccc(C(C)C)cc3)cccc21.Cl.Cl. The standard InChI is InChI=1S/C23H27.C20H21.2CH3.2ClH.H2Si.Zr/c1-5-7-17(4)21-14-20-8-6-9-22(23(20)15-21)19-12-10-18(11-13-19)16(2)3;1-4-15-12-18-6-5-7-19(20(18)13-15)17-10-8-16(9-11-17)14(2)3;;;;;;/h6,8-17H,5,7H2,1-4H3;5-14H,4H2,1-3H3;2*1H3;2*1H;1H2;. The van der Waals surface area contributed by atoms with Crippen LogP contribution in [0.5, 0.6) is 0 Å². The van der Waals surface area contributed by atoms with Crippen LogP contribution in [0.1, 0.15) is 120 Å². The quantitative estimate of drug-likeness (QED) is 0.140. The summed E-state index contributed by atoms with van der Waals surface area (Å²) in [5, 5.41) is 0. The summed E-state index contributed by atoms with van der Waals surface area (Å²) in [5.41, 5.74) is 17.8. The van der Waals surface area contributed by atoms with Crippen molar-refractivity contribution in [3.05, 3.63) is 129 Å². The molecule has 0 saturated carbocycles. The van der Waals surface area contributed by atoms with Crippen molar-refractivity contribution in [3.63, 3.8) is 0 Å². The van der Waals surface area contributed by atoms with E-state index in [1.54, 1.807) is 22.3 Å². The van der Waals surface area contributed by atoms with Gasteiger partial charge in [0.2, 0.25) is 0 Å². The summed E-state index contributed by atoms with van der Waals surface area (Å²) in [7, 11) is 0. The van der Waals surface area contributed by atoms with Gasteiger partial charge in [-0.05, 0) is 0 Å². The molecule has 0 aromatic heterocycles. The smallest absolute Gasteiger partial charge is 0.147 e. The van der Waals surface area contributed by atoms with Gasteiger partial charge >= 0.3 is 290 Å². The third-order valence-electron chi connectivity index (χ3n) is 11.6. The molecule has 260 valence electrons. The van der Waals surface area contributed by atoms with Gasteiger partial charge in [-0.15, -0.1) is 24.8 Å². The van der Waals surface area contributed by atoms with Gasteiger partial charge in [0.05, 0.1) is 0 Å². The first kappa shape index (κ1) is 39.8. The summed E-state index contributed by atoms with van der Waals surface area (Å²) in [6, 6.07) is 33.2. The van der Waals surface area contributed by atoms with Crippen molar-refractivity contribution in [2.45, 2.75) is 96.1 Å². The summed E-state index contributed by atoms with van der Waals surface area (Å²) in [4.78, 5) is 0. The van der Waals surface area contributed by atoms with Gasteiger partial charge in [0.25, 0.3) is 0 Å². The monoisotopic (exact) mass is 786 g/mol. The Hall–Kier alpha value is -1.96. The van der Waals surface area contributed by atoms with E-state index in [1.165, 1.54) is 57.3 Å². The van der Waals surface area contributed by atoms with E-state index in [9.17, 15) is 0 Å². The molecule has 0 bridgehead atoms. The minimum atomic E-state index is -3.72. The first-order valence-corrected chi connectivity index (χ1v) is 32.0. The predicted molar refractivity (Wildman–Crippen MR) is 223 cm³/mol. The average Bonchev–Trinajstić information content (AvgIpc) is 3.65. The molecule has 0 spiro atoms. The van der Waals surface area contributed by atoms with Crippen LogP contribution in [0.3, 0.4) is 0 Å². The number of allylic oxidation sites excluding steroid dienone is 2. The molecule has 0 fully saturated rings. The van der Waals surface area contributed by atoms with Gasteiger partial charge in [0.1, 0.15) is 0 Å².